The molecule has 7 nitrogen and oxygen atoms in total. The van der Waals surface area contributed by atoms with Crippen LogP contribution in [0.2, 0.25) is 0 Å². The quantitative estimate of drug-likeness (QED) is 0.121. The third-order valence-electron chi connectivity index (χ3n) is 17.1. The summed E-state index contributed by atoms with van der Waals surface area (Å²) in [5, 5.41) is 14.9. The Hall–Kier alpha value is -12.3. The van der Waals surface area contributed by atoms with Gasteiger partial charge in [0, 0.05) is 86.2 Å². The second-order valence-corrected chi connectivity index (χ2v) is 22.4. The average Bonchev–Trinajstić information content (AvgIpc) is 1.72. The summed E-state index contributed by atoms with van der Waals surface area (Å²) in [6.45, 7) is 0. The number of para-hydroxylation sites is 1. The van der Waals surface area contributed by atoms with Crippen LogP contribution in [-0.4, -0.2) is 24.1 Å². The monoisotopic (exact) mass is 1160 g/mol. The fourth-order valence-corrected chi connectivity index (χ4v) is 12.8. The molecule has 0 aliphatic carbocycles. The molecule has 6 heterocycles. The van der Waals surface area contributed by atoms with E-state index in [9.17, 15) is 5.26 Å². The van der Waals surface area contributed by atoms with E-state index in [1.165, 1.54) is 18.2 Å². The molecule has 0 bridgehead atoms. The number of nitrogens with zero attached hydrogens (tertiary/aromatic N) is 7. The molecular weight excluding hydrogens is 1110 g/mol. The second-order valence-electron chi connectivity index (χ2n) is 22.4. The lowest BCUT2D eigenvalue weighted by molar-refractivity contribution is -0.595. The van der Waals surface area contributed by atoms with Gasteiger partial charge in [-0.25, -0.2) is 8.78 Å². The summed E-state index contributed by atoms with van der Waals surface area (Å²) < 4.78 is 41.2. The predicted molar refractivity (Wildman–Crippen MR) is 358 cm³/mol. The molecule has 0 saturated carbocycles. The molecule has 0 amide bonds. The molecule has 16 aromatic rings. The summed E-state index contributed by atoms with van der Waals surface area (Å²) in [4.78, 5) is 14.3. The van der Waals surface area contributed by atoms with Gasteiger partial charge in [0.15, 0.2) is 12.4 Å². The van der Waals surface area contributed by atoms with Gasteiger partial charge >= 0.3 is 0 Å². The molecule has 0 N–H and O–H groups in total. The predicted octanol–water partition coefficient (Wildman–Crippen LogP) is 19.8. The number of aromatic nitrogens is 6. The van der Waals surface area contributed by atoms with E-state index in [4.69, 9.17) is 15.0 Å². The number of hydrogen-bond acceptors (Lipinski definition) is 4. The first-order valence-electron chi connectivity index (χ1n) is 29.7. The van der Waals surface area contributed by atoms with Gasteiger partial charge in [-0.2, -0.15) is 9.83 Å². The van der Waals surface area contributed by atoms with Gasteiger partial charge in [0.2, 0.25) is 5.69 Å². The topological polar surface area (TPSA) is 76.2 Å². The summed E-state index contributed by atoms with van der Waals surface area (Å²) in [5.74, 6) is -1.50. The van der Waals surface area contributed by atoms with Crippen LogP contribution in [0.4, 0.5) is 8.78 Å². The molecule has 0 spiro atoms. The van der Waals surface area contributed by atoms with E-state index >= 15 is 8.78 Å². The Morgan fingerprint density at radius 1 is 0.322 bits per heavy atom. The van der Waals surface area contributed by atoms with Crippen molar-refractivity contribution in [3.63, 3.8) is 0 Å². The zero-order valence-electron chi connectivity index (χ0n) is 48.3. The van der Waals surface area contributed by atoms with Crippen LogP contribution in [-0.2, 0) is 0 Å². The van der Waals surface area contributed by atoms with Gasteiger partial charge in [-0.15, -0.1) is 0 Å². The molecule has 6 aromatic heterocycles. The molecule has 0 aliphatic heterocycles. The Labute approximate surface area is 517 Å². The molecule has 0 atom stereocenters. The highest BCUT2D eigenvalue weighted by Crippen LogP contribution is 2.47. The molecule has 0 fully saturated rings. The lowest BCUT2D eigenvalue weighted by Gasteiger charge is -2.21. The van der Waals surface area contributed by atoms with Crippen LogP contribution in [0.1, 0.15) is 5.56 Å². The zero-order chi connectivity index (χ0) is 60.2. The number of hydrogen-bond donors (Lipinski definition) is 0. The Kier molecular flexibility index (Phi) is 13.2. The average molecular weight is 1160 g/mol. The first kappa shape index (κ1) is 53.2. The van der Waals surface area contributed by atoms with Crippen molar-refractivity contribution in [2.45, 2.75) is 0 Å². The SMILES string of the molecule is N#Cc1cc(-n2c3ccc(-c4ccnc(-c5ccccc5)c4)cc3c3cc(-c4ccnc(-c5ccccc5)c4)ccc32)c(-c2c(F)cccc2F)c(-n2c3ccc(-c4ccnc(-c5ccccc5)c4)cc3c3cc(-c4ccc[n+](-c5ccccc5)c4)ccc32)c1. The van der Waals surface area contributed by atoms with Crippen LogP contribution in [0.5, 0.6) is 0 Å². The molecule has 0 radical (unpaired) electrons. The minimum Gasteiger partial charge on any atom is -0.308 e. The summed E-state index contributed by atoms with van der Waals surface area (Å²) in [6, 6.07) is 92.5. The fourth-order valence-electron chi connectivity index (χ4n) is 12.8. The maximum atomic E-state index is 17.5. The lowest BCUT2D eigenvalue weighted by atomic mass is 9.97. The first-order chi connectivity index (χ1) is 44.4. The molecule has 0 unspecified atom stereocenters. The van der Waals surface area contributed by atoms with Crippen molar-refractivity contribution in [3.8, 4) is 113 Å². The number of halogens is 2. The number of nitriles is 1. The minimum atomic E-state index is -0.751. The number of pyridine rings is 4. The molecule has 422 valence electrons. The van der Waals surface area contributed by atoms with E-state index in [2.05, 4.69) is 172 Å². The van der Waals surface area contributed by atoms with Crippen LogP contribution in [0.25, 0.3) is 150 Å². The van der Waals surface area contributed by atoms with Crippen LogP contribution in [0.3, 0.4) is 0 Å². The Bertz CT molecular complexity index is 4910. The van der Waals surface area contributed by atoms with Crippen molar-refractivity contribution in [2.24, 2.45) is 0 Å². The fraction of sp³-hybridized carbons (Fsp3) is 0. The van der Waals surface area contributed by atoms with E-state index in [1.807, 2.05) is 122 Å². The van der Waals surface area contributed by atoms with Gasteiger partial charge < -0.3 is 9.13 Å². The van der Waals surface area contributed by atoms with E-state index in [1.54, 1.807) is 12.1 Å². The van der Waals surface area contributed by atoms with Crippen molar-refractivity contribution < 1.29 is 13.3 Å². The number of benzene rings is 10. The van der Waals surface area contributed by atoms with Crippen molar-refractivity contribution >= 4 is 43.6 Å². The zero-order valence-corrected chi connectivity index (χ0v) is 48.3. The van der Waals surface area contributed by atoms with Crippen LogP contribution in [0, 0.1) is 23.0 Å². The van der Waals surface area contributed by atoms with Crippen molar-refractivity contribution in [1.29, 1.82) is 5.26 Å². The van der Waals surface area contributed by atoms with Gasteiger partial charge in [-0.3, -0.25) is 15.0 Å². The van der Waals surface area contributed by atoms with Crippen LogP contribution >= 0.6 is 0 Å². The van der Waals surface area contributed by atoms with Gasteiger partial charge in [-0.05, 0) is 154 Å². The van der Waals surface area contributed by atoms with Crippen molar-refractivity contribution in [1.82, 2.24) is 24.1 Å². The molecule has 0 saturated heterocycles. The smallest absolute Gasteiger partial charge is 0.210 e. The van der Waals surface area contributed by atoms with E-state index in [0.29, 0.717) is 16.9 Å². The van der Waals surface area contributed by atoms with Gasteiger partial charge in [0.1, 0.15) is 11.6 Å². The van der Waals surface area contributed by atoms with E-state index < -0.39 is 11.6 Å². The van der Waals surface area contributed by atoms with Crippen molar-refractivity contribution in [3.05, 3.63) is 321 Å². The molecular formula is C81H50F2N7+. The largest absolute Gasteiger partial charge is 0.308 e. The Morgan fingerprint density at radius 2 is 0.678 bits per heavy atom. The minimum absolute atomic E-state index is 0.228. The Balaban J connectivity index is 0.966. The maximum Gasteiger partial charge on any atom is 0.210 e. The van der Waals surface area contributed by atoms with Crippen LogP contribution in [0.15, 0.2) is 304 Å². The van der Waals surface area contributed by atoms with Crippen molar-refractivity contribution in [2.75, 3.05) is 0 Å². The normalized spacial score (nSPS) is 11.4. The van der Waals surface area contributed by atoms with E-state index in [-0.39, 0.29) is 11.1 Å². The van der Waals surface area contributed by atoms with Gasteiger partial charge in [0.05, 0.1) is 67.7 Å². The summed E-state index contributed by atoms with van der Waals surface area (Å²) >= 11 is 0. The highest BCUT2D eigenvalue weighted by molar-refractivity contribution is 6.14. The van der Waals surface area contributed by atoms with Gasteiger partial charge in [-0.1, -0.05) is 140 Å². The summed E-state index contributed by atoms with van der Waals surface area (Å²) in [6.07, 6.45) is 9.67. The molecule has 0 aliphatic rings. The number of rotatable bonds is 11. The maximum absolute atomic E-state index is 17.5. The molecule has 16 rings (SSSR count). The molecule has 10 aromatic carbocycles. The number of fused-ring (bicyclic) bond motifs is 6. The molecule has 9 heteroatoms. The highest BCUT2D eigenvalue weighted by atomic mass is 19.1. The third kappa shape index (κ3) is 9.44. The van der Waals surface area contributed by atoms with Gasteiger partial charge in [0.25, 0.3) is 0 Å². The second kappa shape index (κ2) is 22.2. The summed E-state index contributed by atoms with van der Waals surface area (Å²) in [5.41, 5.74) is 18.5. The summed E-state index contributed by atoms with van der Waals surface area (Å²) in [7, 11) is 0. The lowest BCUT2D eigenvalue weighted by Crippen LogP contribution is -2.29. The van der Waals surface area contributed by atoms with Crippen LogP contribution < -0.4 is 4.57 Å². The standard InChI is InChI=1S/C81H50F2N7/c82-69-24-13-25-70(83)80(69)81-78(89-74-30-26-56(60-34-37-85-71(47-60)53-15-5-1-6-16-53)43-65(74)66-44-57(27-31-75(66)89)61-35-38-86-72(48-61)54-17-7-2-8-18-54)41-52(50-84)42-79(81)90-76-32-28-58(62-36-39-87-73(49-62)55-19-9-3-10-20-55)45-67(76)68-46-59(29-33-77(68)90)63-21-14-40-88(51-63)64-22-11-4-12-23-64/h1-49,51H/q+1. The third-order valence-corrected chi connectivity index (χ3v) is 17.1. The Morgan fingerprint density at radius 3 is 1.07 bits per heavy atom. The molecule has 90 heavy (non-hydrogen) atoms. The van der Waals surface area contributed by atoms with E-state index in [0.717, 1.165) is 128 Å². The first-order valence-corrected chi connectivity index (χ1v) is 29.7. The highest BCUT2D eigenvalue weighted by Gasteiger charge is 2.28.